The van der Waals surface area contributed by atoms with Crippen LogP contribution >= 0.6 is 0 Å². The molecule has 0 spiro atoms. The standard InChI is InChI=1S/C18H26N2/c1-12(2)11-18(7-5-6-8-18)17-19-15-10-13(3)9-14(4)16(15)20-17/h9-10,12H,5-8,11H2,1-4H3,(H,19,20). The van der Waals surface area contributed by atoms with Gasteiger partial charge in [0.1, 0.15) is 5.82 Å². The van der Waals surface area contributed by atoms with E-state index in [0.717, 1.165) is 5.92 Å². The first-order chi connectivity index (χ1) is 9.50. The van der Waals surface area contributed by atoms with E-state index >= 15 is 0 Å². The highest BCUT2D eigenvalue weighted by Crippen LogP contribution is 2.45. The fourth-order valence-corrected chi connectivity index (χ4v) is 4.09. The third-order valence-electron chi connectivity index (χ3n) is 4.78. The molecule has 0 amide bonds. The summed E-state index contributed by atoms with van der Waals surface area (Å²) < 4.78 is 0. The number of benzene rings is 1. The van der Waals surface area contributed by atoms with Gasteiger partial charge in [-0.25, -0.2) is 4.98 Å². The minimum Gasteiger partial charge on any atom is -0.341 e. The molecule has 1 heterocycles. The number of H-pyrrole nitrogens is 1. The average molecular weight is 270 g/mol. The van der Waals surface area contributed by atoms with Crippen molar-refractivity contribution in [2.24, 2.45) is 5.92 Å². The van der Waals surface area contributed by atoms with Crippen LogP contribution in [0.25, 0.3) is 11.0 Å². The van der Waals surface area contributed by atoms with E-state index in [1.165, 1.54) is 60.1 Å². The zero-order chi connectivity index (χ0) is 14.3. The summed E-state index contributed by atoms with van der Waals surface area (Å²) in [4.78, 5) is 8.66. The zero-order valence-electron chi connectivity index (χ0n) is 13.2. The number of aromatic amines is 1. The Bertz CT molecular complexity index is 616. The predicted molar refractivity (Wildman–Crippen MR) is 85.2 cm³/mol. The minimum atomic E-state index is 0.299. The van der Waals surface area contributed by atoms with Crippen molar-refractivity contribution in [3.63, 3.8) is 0 Å². The van der Waals surface area contributed by atoms with Crippen molar-refractivity contribution < 1.29 is 0 Å². The lowest BCUT2D eigenvalue weighted by molar-refractivity contribution is 0.332. The first-order valence-electron chi connectivity index (χ1n) is 7.98. The van der Waals surface area contributed by atoms with E-state index in [2.05, 4.69) is 44.8 Å². The molecule has 0 bridgehead atoms. The number of nitrogens with one attached hydrogen (secondary N) is 1. The second-order valence-corrected chi connectivity index (χ2v) is 7.15. The minimum absolute atomic E-state index is 0.299. The van der Waals surface area contributed by atoms with Crippen LogP contribution in [0.15, 0.2) is 12.1 Å². The van der Waals surface area contributed by atoms with Gasteiger partial charge in [-0.05, 0) is 56.2 Å². The lowest BCUT2D eigenvalue weighted by Gasteiger charge is -2.28. The van der Waals surface area contributed by atoms with Gasteiger partial charge in [-0.2, -0.15) is 0 Å². The molecule has 1 N–H and O–H groups in total. The molecule has 108 valence electrons. The Labute approximate surface area is 122 Å². The highest BCUT2D eigenvalue weighted by atomic mass is 14.9. The molecule has 3 rings (SSSR count). The first-order valence-corrected chi connectivity index (χ1v) is 7.98. The summed E-state index contributed by atoms with van der Waals surface area (Å²) in [5, 5.41) is 0. The quantitative estimate of drug-likeness (QED) is 0.831. The SMILES string of the molecule is Cc1cc(C)c2nc(C3(CC(C)C)CCCC3)[nH]c2c1. The van der Waals surface area contributed by atoms with E-state index in [1.54, 1.807) is 0 Å². The Morgan fingerprint density at radius 2 is 1.90 bits per heavy atom. The smallest absolute Gasteiger partial charge is 0.113 e. The van der Waals surface area contributed by atoms with Crippen LogP contribution < -0.4 is 0 Å². The molecule has 1 aromatic carbocycles. The third kappa shape index (κ3) is 2.25. The van der Waals surface area contributed by atoms with E-state index in [-0.39, 0.29) is 0 Å². The lowest BCUT2D eigenvalue weighted by atomic mass is 9.78. The number of fused-ring (bicyclic) bond motifs is 1. The summed E-state index contributed by atoms with van der Waals surface area (Å²) in [5.74, 6) is 1.97. The van der Waals surface area contributed by atoms with E-state index in [9.17, 15) is 0 Å². The van der Waals surface area contributed by atoms with Gasteiger partial charge in [0.15, 0.2) is 0 Å². The summed E-state index contributed by atoms with van der Waals surface area (Å²) in [6, 6.07) is 4.47. The van der Waals surface area contributed by atoms with Crippen molar-refractivity contribution in [3.8, 4) is 0 Å². The van der Waals surface area contributed by atoms with E-state index in [1.807, 2.05) is 0 Å². The Hall–Kier alpha value is -1.31. The van der Waals surface area contributed by atoms with Crippen molar-refractivity contribution in [2.45, 2.75) is 65.2 Å². The molecule has 2 heteroatoms. The van der Waals surface area contributed by atoms with Gasteiger partial charge in [0.05, 0.1) is 11.0 Å². The van der Waals surface area contributed by atoms with E-state index in [4.69, 9.17) is 4.98 Å². The molecular weight excluding hydrogens is 244 g/mol. The van der Waals surface area contributed by atoms with Crippen molar-refractivity contribution in [1.82, 2.24) is 9.97 Å². The average Bonchev–Trinajstić information content (AvgIpc) is 2.95. The highest BCUT2D eigenvalue weighted by Gasteiger charge is 2.38. The van der Waals surface area contributed by atoms with Gasteiger partial charge in [0.25, 0.3) is 0 Å². The maximum absolute atomic E-state index is 5.01. The van der Waals surface area contributed by atoms with Crippen molar-refractivity contribution >= 4 is 11.0 Å². The maximum Gasteiger partial charge on any atom is 0.113 e. The summed E-state index contributed by atoms with van der Waals surface area (Å²) in [6.07, 6.45) is 6.54. The number of aryl methyl sites for hydroxylation is 2. The van der Waals surface area contributed by atoms with Crippen LogP contribution in [0, 0.1) is 19.8 Å². The summed E-state index contributed by atoms with van der Waals surface area (Å²) in [7, 11) is 0. The predicted octanol–water partition coefficient (Wildman–Crippen LogP) is 5.04. The zero-order valence-corrected chi connectivity index (χ0v) is 13.2. The number of rotatable bonds is 3. The number of hydrogen-bond acceptors (Lipinski definition) is 1. The summed E-state index contributed by atoms with van der Waals surface area (Å²) >= 11 is 0. The normalized spacial score (nSPS) is 18.2. The number of imidazole rings is 1. The van der Waals surface area contributed by atoms with Crippen LogP contribution in [0.5, 0.6) is 0 Å². The Morgan fingerprint density at radius 1 is 1.20 bits per heavy atom. The molecule has 0 saturated heterocycles. The molecule has 0 unspecified atom stereocenters. The van der Waals surface area contributed by atoms with Gasteiger partial charge in [-0.3, -0.25) is 0 Å². The molecule has 20 heavy (non-hydrogen) atoms. The second kappa shape index (κ2) is 4.91. The maximum atomic E-state index is 5.01. The van der Waals surface area contributed by atoms with E-state index < -0.39 is 0 Å². The highest BCUT2D eigenvalue weighted by molar-refractivity contribution is 5.79. The molecule has 1 fully saturated rings. The van der Waals surface area contributed by atoms with Crippen molar-refractivity contribution in [3.05, 3.63) is 29.1 Å². The fraction of sp³-hybridized carbons (Fsp3) is 0.611. The first kappa shape index (κ1) is 13.7. The van der Waals surface area contributed by atoms with Gasteiger partial charge in [0.2, 0.25) is 0 Å². The largest absolute Gasteiger partial charge is 0.341 e. The van der Waals surface area contributed by atoms with Crippen LogP contribution in [0.2, 0.25) is 0 Å². The molecule has 0 radical (unpaired) electrons. The van der Waals surface area contributed by atoms with Gasteiger partial charge < -0.3 is 4.98 Å². The third-order valence-corrected chi connectivity index (χ3v) is 4.78. The molecule has 0 aliphatic heterocycles. The molecule has 1 aromatic heterocycles. The van der Waals surface area contributed by atoms with Gasteiger partial charge in [0, 0.05) is 5.41 Å². The van der Waals surface area contributed by atoms with Gasteiger partial charge in [-0.1, -0.05) is 32.8 Å². The number of aromatic nitrogens is 2. The number of hydrogen-bond donors (Lipinski definition) is 1. The van der Waals surface area contributed by atoms with Crippen LogP contribution in [-0.4, -0.2) is 9.97 Å². The van der Waals surface area contributed by atoms with Gasteiger partial charge in [-0.15, -0.1) is 0 Å². The molecule has 1 aliphatic rings. The molecule has 2 nitrogen and oxygen atoms in total. The Morgan fingerprint density at radius 3 is 2.55 bits per heavy atom. The van der Waals surface area contributed by atoms with Crippen LogP contribution in [0.3, 0.4) is 0 Å². The van der Waals surface area contributed by atoms with Crippen LogP contribution in [-0.2, 0) is 5.41 Å². The fourth-order valence-electron chi connectivity index (χ4n) is 4.09. The summed E-state index contributed by atoms with van der Waals surface area (Å²) in [5.41, 5.74) is 5.29. The molecule has 0 atom stereocenters. The monoisotopic (exact) mass is 270 g/mol. The van der Waals surface area contributed by atoms with Gasteiger partial charge >= 0.3 is 0 Å². The molecule has 1 aliphatic carbocycles. The van der Waals surface area contributed by atoms with E-state index in [0.29, 0.717) is 5.41 Å². The molecule has 2 aromatic rings. The summed E-state index contributed by atoms with van der Waals surface area (Å²) in [6.45, 7) is 8.99. The van der Waals surface area contributed by atoms with Crippen LogP contribution in [0.1, 0.15) is 62.9 Å². The molecular formula is C18H26N2. The topological polar surface area (TPSA) is 28.7 Å². The van der Waals surface area contributed by atoms with Crippen molar-refractivity contribution in [1.29, 1.82) is 0 Å². The van der Waals surface area contributed by atoms with Crippen molar-refractivity contribution in [2.75, 3.05) is 0 Å². The van der Waals surface area contributed by atoms with Crippen LogP contribution in [0.4, 0.5) is 0 Å². The Kier molecular flexibility index (Phi) is 3.35. The lowest BCUT2D eigenvalue weighted by Crippen LogP contribution is -2.25. The Balaban J connectivity index is 2.10. The molecule has 1 saturated carbocycles. The number of nitrogens with zero attached hydrogens (tertiary/aromatic N) is 1. The second-order valence-electron chi connectivity index (χ2n) is 7.15.